The van der Waals surface area contributed by atoms with Crippen LogP contribution in [-0.2, 0) is 0 Å². The van der Waals surface area contributed by atoms with Gasteiger partial charge in [0, 0.05) is 36.0 Å². The Kier molecular flexibility index (Phi) is 2.53. The fourth-order valence-corrected chi connectivity index (χ4v) is 2.22. The molecule has 3 rings (SSSR count). The van der Waals surface area contributed by atoms with Crippen molar-refractivity contribution in [2.45, 2.75) is 18.6 Å². The molecule has 0 bridgehead atoms. The maximum Gasteiger partial charge on any atom is 0.127 e. The van der Waals surface area contributed by atoms with Gasteiger partial charge in [0.2, 0.25) is 0 Å². The quantitative estimate of drug-likeness (QED) is 0.813. The molecule has 1 aliphatic rings. The molecule has 0 saturated heterocycles. The summed E-state index contributed by atoms with van der Waals surface area (Å²) in [5.74, 6) is 0.889. The van der Waals surface area contributed by atoms with Gasteiger partial charge in [-0.1, -0.05) is 24.3 Å². The molecule has 1 aliphatic heterocycles. The van der Waals surface area contributed by atoms with Crippen LogP contribution in [-0.4, -0.2) is 4.98 Å². The van der Waals surface area contributed by atoms with Crippen LogP contribution in [0.15, 0.2) is 48.8 Å². The van der Waals surface area contributed by atoms with Crippen LogP contribution < -0.4 is 10.5 Å². The minimum absolute atomic E-state index is 0.00796. The summed E-state index contributed by atoms with van der Waals surface area (Å²) in [6.07, 6.45) is 4.41. The zero-order chi connectivity index (χ0) is 11.7. The van der Waals surface area contributed by atoms with Gasteiger partial charge in [0.25, 0.3) is 0 Å². The van der Waals surface area contributed by atoms with Gasteiger partial charge in [-0.25, -0.2) is 0 Å². The van der Waals surface area contributed by atoms with Crippen molar-refractivity contribution in [3.05, 3.63) is 59.9 Å². The molecule has 2 atom stereocenters. The Balaban J connectivity index is 1.94. The van der Waals surface area contributed by atoms with E-state index < -0.39 is 0 Å². The summed E-state index contributed by atoms with van der Waals surface area (Å²) in [5.41, 5.74) is 8.35. The van der Waals surface area contributed by atoms with E-state index in [0.717, 1.165) is 23.3 Å². The summed E-state index contributed by atoms with van der Waals surface area (Å²) in [4.78, 5) is 4.12. The molecule has 0 fully saturated rings. The Labute approximate surface area is 100 Å². The molecule has 0 radical (unpaired) electrons. The molecular formula is C14H14N2O. The predicted molar refractivity (Wildman–Crippen MR) is 65.6 cm³/mol. The summed E-state index contributed by atoms with van der Waals surface area (Å²) in [5, 5.41) is 0. The first kappa shape index (κ1) is 10.3. The molecule has 3 nitrogen and oxygen atoms in total. The Morgan fingerprint density at radius 3 is 2.88 bits per heavy atom. The second-order valence-electron chi connectivity index (χ2n) is 4.27. The van der Waals surface area contributed by atoms with Crippen molar-refractivity contribution in [1.29, 1.82) is 0 Å². The number of hydrogen-bond acceptors (Lipinski definition) is 3. The third kappa shape index (κ3) is 1.89. The summed E-state index contributed by atoms with van der Waals surface area (Å²) < 4.78 is 5.97. The van der Waals surface area contributed by atoms with Crippen molar-refractivity contribution < 1.29 is 4.74 Å². The summed E-state index contributed by atoms with van der Waals surface area (Å²) >= 11 is 0. The van der Waals surface area contributed by atoms with Crippen LogP contribution in [0.1, 0.15) is 29.7 Å². The third-order valence-electron chi connectivity index (χ3n) is 3.11. The van der Waals surface area contributed by atoms with E-state index in [1.807, 2.05) is 42.6 Å². The highest BCUT2D eigenvalue weighted by atomic mass is 16.5. The highest BCUT2D eigenvalue weighted by Crippen LogP contribution is 2.38. The molecule has 1 aromatic carbocycles. The average molecular weight is 226 g/mol. The van der Waals surface area contributed by atoms with Crippen LogP contribution in [0.2, 0.25) is 0 Å². The number of benzene rings is 1. The van der Waals surface area contributed by atoms with Crippen LogP contribution >= 0.6 is 0 Å². The van der Waals surface area contributed by atoms with Gasteiger partial charge in [-0.15, -0.1) is 0 Å². The number of para-hydroxylation sites is 1. The standard InChI is InChI=1S/C14H14N2O/c15-12-8-14(10-4-3-7-16-9-10)17-13-6-2-1-5-11(12)13/h1-7,9,12,14H,8,15H2/t12-,14?/m1/s1. The molecule has 86 valence electrons. The smallest absolute Gasteiger partial charge is 0.127 e. The molecule has 2 aromatic rings. The van der Waals surface area contributed by atoms with Gasteiger partial charge < -0.3 is 10.5 Å². The second-order valence-corrected chi connectivity index (χ2v) is 4.27. The number of ether oxygens (including phenoxy) is 1. The van der Waals surface area contributed by atoms with Crippen LogP contribution in [0.25, 0.3) is 0 Å². The van der Waals surface area contributed by atoms with Gasteiger partial charge in [-0.05, 0) is 12.1 Å². The highest BCUT2D eigenvalue weighted by Gasteiger charge is 2.26. The SMILES string of the molecule is N[C@@H]1CC(c2cccnc2)Oc2ccccc21. The van der Waals surface area contributed by atoms with E-state index in [2.05, 4.69) is 4.98 Å². The van der Waals surface area contributed by atoms with E-state index in [1.54, 1.807) is 6.20 Å². The Hall–Kier alpha value is -1.87. The fourth-order valence-electron chi connectivity index (χ4n) is 2.22. The number of hydrogen-bond donors (Lipinski definition) is 1. The van der Waals surface area contributed by atoms with Gasteiger partial charge in [0.15, 0.2) is 0 Å². The first-order valence-corrected chi connectivity index (χ1v) is 5.75. The minimum atomic E-state index is 0.00796. The molecule has 0 amide bonds. The van der Waals surface area contributed by atoms with E-state index in [-0.39, 0.29) is 12.1 Å². The van der Waals surface area contributed by atoms with E-state index in [4.69, 9.17) is 10.5 Å². The number of nitrogens with zero attached hydrogens (tertiary/aromatic N) is 1. The van der Waals surface area contributed by atoms with E-state index in [1.165, 1.54) is 0 Å². The van der Waals surface area contributed by atoms with Crippen molar-refractivity contribution in [1.82, 2.24) is 4.98 Å². The van der Waals surface area contributed by atoms with Crippen LogP contribution in [0, 0.1) is 0 Å². The molecular weight excluding hydrogens is 212 g/mol. The monoisotopic (exact) mass is 226 g/mol. The predicted octanol–water partition coefficient (Wildman–Crippen LogP) is 2.61. The second kappa shape index (κ2) is 4.18. The van der Waals surface area contributed by atoms with Gasteiger partial charge in [-0.2, -0.15) is 0 Å². The van der Waals surface area contributed by atoms with Crippen LogP contribution in [0.3, 0.4) is 0 Å². The lowest BCUT2D eigenvalue weighted by Gasteiger charge is -2.30. The first-order chi connectivity index (χ1) is 8.34. The number of pyridine rings is 1. The van der Waals surface area contributed by atoms with Crippen LogP contribution in [0.5, 0.6) is 5.75 Å². The number of rotatable bonds is 1. The number of aromatic nitrogens is 1. The highest BCUT2D eigenvalue weighted by molar-refractivity contribution is 5.38. The Morgan fingerprint density at radius 1 is 1.18 bits per heavy atom. The largest absolute Gasteiger partial charge is 0.485 e. The zero-order valence-electron chi connectivity index (χ0n) is 9.41. The molecule has 3 heteroatoms. The van der Waals surface area contributed by atoms with Gasteiger partial charge in [0.1, 0.15) is 11.9 Å². The fraction of sp³-hybridized carbons (Fsp3) is 0.214. The van der Waals surface area contributed by atoms with Crippen LogP contribution in [0.4, 0.5) is 0 Å². The maximum atomic E-state index is 6.17. The number of fused-ring (bicyclic) bond motifs is 1. The topological polar surface area (TPSA) is 48.1 Å². The van der Waals surface area contributed by atoms with Crippen molar-refractivity contribution >= 4 is 0 Å². The summed E-state index contributed by atoms with van der Waals surface area (Å²) in [6.45, 7) is 0. The van der Waals surface area contributed by atoms with E-state index in [9.17, 15) is 0 Å². The molecule has 0 aliphatic carbocycles. The molecule has 0 spiro atoms. The Bertz CT molecular complexity index is 513. The summed E-state index contributed by atoms with van der Waals surface area (Å²) in [6, 6.07) is 11.9. The lowest BCUT2D eigenvalue weighted by Crippen LogP contribution is -2.24. The van der Waals surface area contributed by atoms with E-state index in [0.29, 0.717) is 0 Å². The van der Waals surface area contributed by atoms with Crippen molar-refractivity contribution in [2.75, 3.05) is 0 Å². The summed E-state index contributed by atoms with van der Waals surface area (Å²) in [7, 11) is 0. The molecule has 0 saturated carbocycles. The average Bonchev–Trinajstić information content (AvgIpc) is 2.40. The van der Waals surface area contributed by atoms with Gasteiger partial charge in [-0.3, -0.25) is 4.98 Å². The maximum absolute atomic E-state index is 6.17. The molecule has 17 heavy (non-hydrogen) atoms. The minimum Gasteiger partial charge on any atom is -0.485 e. The van der Waals surface area contributed by atoms with Crippen molar-refractivity contribution in [3.8, 4) is 5.75 Å². The van der Waals surface area contributed by atoms with Crippen molar-refractivity contribution in [3.63, 3.8) is 0 Å². The Morgan fingerprint density at radius 2 is 2.06 bits per heavy atom. The van der Waals surface area contributed by atoms with Crippen molar-refractivity contribution in [2.24, 2.45) is 5.73 Å². The molecule has 2 N–H and O–H groups in total. The third-order valence-corrected chi connectivity index (χ3v) is 3.11. The molecule has 1 aromatic heterocycles. The lowest BCUT2D eigenvalue weighted by molar-refractivity contribution is 0.161. The lowest BCUT2D eigenvalue weighted by atomic mass is 9.94. The van der Waals surface area contributed by atoms with E-state index >= 15 is 0 Å². The first-order valence-electron chi connectivity index (χ1n) is 5.75. The normalized spacial score (nSPS) is 22.6. The number of nitrogens with two attached hydrogens (primary N) is 1. The van der Waals surface area contributed by atoms with Gasteiger partial charge >= 0.3 is 0 Å². The van der Waals surface area contributed by atoms with Gasteiger partial charge in [0.05, 0.1) is 0 Å². The molecule has 2 heterocycles. The zero-order valence-corrected chi connectivity index (χ0v) is 9.41. The molecule has 1 unspecified atom stereocenters.